The molecule has 6 nitrogen and oxygen atoms in total. The van der Waals surface area contributed by atoms with E-state index in [-0.39, 0.29) is 18.0 Å². The smallest absolute Gasteiger partial charge is 0.270 e. The average molecular weight is 336 g/mol. The van der Waals surface area contributed by atoms with Crippen LogP contribution in [0.1, 0.15) is 24.0 Å². The first-order valence-electron chi connectivity index (χ1n) is 8.55. The lowest BCUT2D eigenvalue weighted by Crippen LogP contribution is -2.33. The van der Waals surface area contributed by atoms with Crippen LogP contribution in [0, 0.1) is 0 Å². The van der Waals surface area contributed by atoms with E-state index in [2.05, 4.69) is 10.4 Å². The van der Waals surface area contributed by atoms with Crippen LogP contribution in [0.15, 0.2) is 41.5 Å². The molecular formula is C19H20N4O2. The lowest BCUT2D eigenvalue weighted by atomic mass is 9.94. The first-order valence-corrected chi connectivity index (χ1v) is 8.55. The first kappa shape index (κ1) is 15.6. The number of amides is 1. The van der Waals surface area contributed by atoms with Gasteiger partial charge in [-0.2, -0.15) is 5.10 Å². The Bertz CT molecular complexity index is 1020. The van der Waals surface area contributed by atoms with Gasteiger partial charge in [0.25, 0.3) is 5.56 Å². The Labute approximate surface area is 145 Å². The van der Waals surface area contributed by atoms with Crippen LogP contribution >= 0.6 is 0 Å². The lowest BCUT2D eigenvalue weighted by Gasteiger charge is -2.15. The minimum absolute atomic E-state index is 0.0741. The number of aryl methyl sites for hydroxylation is 2. The van der Waals surface area contributed by atoms with Gasteiger partial charge in [-0.25, -0.2) is 4.68 Å². The van der Waals surface area contributed by atoms with Gasteiger partial charge in [0.15, 0.2) is 0 Å². The summed E-state index contributed by atoms with van der Waals surface area (Å²) in [4.78, 5) is 25.0. The zero-order chi connectivity index (χ0) is 17.4. The molecule has 1 N–H and O–H groups in total. The van der Waals surface area contributed by atoms with Gasteiger partial charge in [-0.3, -0.25) is 9.59 Å². The zero-order valence-electron chi connectivity index (χ0n) is 14.2. The van der Waals surface area contributed by atoms with E-state index in [4.69, 9.17) is 0 Å². The number of hydrogen-bond acceptors (Lipinski definition) is 3. The summed E-state index contributed by atoms with van der Waals surface area (Å²) < 4.78 is 3.27. The van der Waals surface area contributed by atoms with Gasteiger partial charge in [0, 0.05) is 29.7 Å². The number of nitrogens with zero attached hydrogens (tertiary/aromatic N) is 3. The number of hydrogen-bond donors (Lipinski definition) is 1. The summed E-state index contributed by atoms with van der Waals surface area (Å²) in [6, 6.07) is 7.74. The summed E-state index contributed by atoms with van der Waals surface area (Å²) in [5.74, 6) is -0.248. The largest absolute Gasteiger partial charge is 0.350 e. The number of aromatic nitrogens is 3. The normalized spacial score (nSPS) is 13.6. The van der Waals surface area contributed by atoms with E-state index in [1.165, 1.54) is 4.68 Å². The zero-order valence-corrected chi connectivity index (χ0v) is 14.2. The predicted molar refractivity (Wildman–Crippen MR) is 96.7 cm³/mol. The fourth-order valence-electron chi connectivity index (χ4n) is 3.51. The predicted octanol–water partition coefficient (Wildman–Crippen LogP) is 2.25. The number of benzene rings is 1. The van der Waals surface area contributed by atoms with E-state index < -0.39 is 0 Å². The third-order valence-electron chi connectivity index (χ3n) is 4.85. The summed E-state index contributed by atoms with van der Waals surface area (Å²) >= 11 is 0. The molecule has 0 saturated carbocycles. The molecule has 4 rings (SSSR count). The maximum Gasteiger partial charge on any atom is 0.270 e. The van der Waals surface area contributed by atoms with Crippen molar-refractivity contribution >= 4 is 22.5 Å². The Kier molecular flexibility index (Phi) is 3.87. The minimum atomic E-state index is -0.248. The molecule has 2 heterocycles. The van der Waals surface area contributed by atoms with Crippen LogP contribution in [0.3, 0.4) is 0 Å². The Morgan fingerprint density at radius 1 is 1.24 bits per heavy atom. The van der Waals surface area contributed by atoms with Crippen molar-refractivity contribution in [3.05, 3.63) is 58.1 Å². The van der Waals surface area contributed by atoms with Crippen LogP contribution in [0.2, 0.25) is 0 Å². The second kappa shape index (κ2) is 6.20. The first-order chi connectivity index (χ1) is 12.1. The Morgan fingerprint density at radius 3 is 2.96 bits per heavy atom. The molecular weight excluding hydrogens is 316 g/mol. The van der Waals surface area contributed by atoms with Gasteiger partial charge in [-0.05, 0) is 49.4 Å². The average Bonchev–Trinajstić information content (AvgIpc) is 3.00. The van der Waals surface area contributed by atoms with Crippen LogP contribution < -0.4 is 10.9 Å². The van der Waals surface area contributed by atoms with Crippen LogP contribution in [-0.4, -0.2) is 20.3 Å². The van der Waals surface area contributed by atoms with Crippen LogP contribution in [0.4, 0.5) is 5.69 Å². The number of fused-ring (bicyclic) bond motifs is 2. The summed E-state index contributed by atoms with van der Waals surface area (Å²) in [7, 11) is 1.96. The molecule has 0 radical (unpaired) electrons. The molecule has 1 aliphatic carbocycles. The highest BCUT2D eigenvalue weighted by Gasteiger charge is 2.16. The van der Waals surface area contributed by atoms with Gasteiger partial charge in [-0.1, -0.05) is 6.07 Å². The standard InChI is InChI=1S/C19H20N4O2/c1-22-10-9-15-16(7-4-8-17(15)22)21-18(24)12-23-19(25)14-6-3-2-5-13(14)11-20-23/h4,7-11H,2-3,5-6,12H2,1H3,(H,21,24). The van der Waals surface area contributed by atoms with Crippen molar-refractivity contribution in [2.75, 3.05) is 5.32 Å². The maximum atomic E-state index is 12.5. The van der Waals surface area contributed by atoms with E-state index in [1.54, 1.807) is 6.20 Å². The highest BCUT2D eigenvalue weighted by molar-refractivity contribution is 6.01. The third-order valence-corrected chi connectivity index (χ3v) is 4.85. The molecule has 2 aromatic heterocycles. The van der Waals surface area contributed by atoms with E-state index >= 15 is 0 Å². The van der Waals surface area contributed by atoms with E-state index in [0.29, 0.717) is 0 Å². The quantitative estimate of drug-likeness (QED) is 0.797. The Morgan fingerprint density at radius 2 is 2.08 bits per heavy atom. The second-order valence-electron chi connectivity index (χ2n) is 6.53. The molecule has 0 unspecified atom stereocenters. The second-order valence-corrected chi connectivity index (χ2v) is 6.53. The SMILES string of the molecule is Cn1ccc2c(NC(=O)Cn3ncc4c(c3=O)CCCC4)cccc21. The number of carbonyl (C=O) groups excluding carboxylic acids is 1. The Hall–Kier alpha value is -2.89. The highest BCUT2D eigenvalue weighted by atomic mass is 16.2. The minimum Gasteiger partial charge on any atom is -0.350 e. The van der Waals surface area contributed by atoms with Crippen molar-refractivity contribution in [3.63, 3.8) is 0 Å². The molecule has 0 bridgehead atoms. The molecule has 0 fully saturated rings. The summed E-state index contributed by atoms with van der Waals surface area (Å²) in [6.45, 7) is -0.0741. The number of carbonyl (C=O) groups is 1. The number of nitrogens with one attached hydrogen (secondary N) is 1. The van der Waals surface area contributed by atoms with Crippen molar-refractivity contribution in [3.8, 4) is 0 Å². The monoisotopic (exact) mass is 336 g/mol. The van der Waals surface area contributed by atoms with Crippen LogP contribution in [0.5, 0.6) is 0 Å². The fraction of sp³-hybridized carbons (Fsp3) is 0.316. The van der Waals surface area contributed by atoms with Gasteiger partial charge < -0.3 is 9.88 Å². The van der Waals surface area contributed by atoms with Crippen molar-refractivity contribution in [2.24, 2.45) is 7.05 Å². The van der Waals surface area contributed by atoms with Crippen molar-refractivity contribution in [1.82, 2.24) is 14.3 Å². The van der Waals surface area contributed by atoms with E-state index in [0.717, 1.165) is 53.4 Å². The molecule has 1 aromatic carbocycles. The summed E-state index contributed by atoms with van der Waals surface area (Å²) in [6.07, 6.45) is 7.49. The molecule has 0 saturated heterocycles. The Balaban J connectivity index is 1.57. The molecule has 0 aliphatic heterocycles. The van der Waals surface area contributed by atoms with Gasteiger partial charge in [0.05, 0.1) is 11.9 Å². The topological polar surface area (TPSA) is 68.9 Å². The molecule has 6 heteroatoms. The van der Waals surface area contributed by atoms with Gasteiger partial charge in [0.1, 0.15) is 6.54 Å². The van der Waals surface area contributed by atoms with Crippen LogP contribution in [0.25, 0.3) is 10.9 Å². The molecule has 3 aromatic rings. The van der Waals surface area contributed by atoms with Gasteiger partial charge in [-0.15, -0.1) is 0 Å². The third kappa shape index (κ3) is 2.84. The van der Waals surface area contributed by atoms with Gasteiger partial charge >= 0.3 is 0 Å². The van der Waals surface area contributed by atoms with E-state index in [9.17, 15) is 9.59 Å². The highest BCUT2D eigenvalue weighted by Crippen LogP contribution is 2.23. The number of rotatable bonds is 3. The van der Waals surface area contributed by atoms with Gasteiger partial charge in [0.2, 0.25) is 5.91 Å². The van der Waals surface area contributed by atoms with Crippen molar-refractivity contribution in [1.29, 1.82) is 0 Å². The van der Waals surface area contributed by atoms with Crippen molar-refractivity contribution < 1.29 is 4.79 Å². The molecule has 25 heavy (non-hydrogen) atoms. The lowest BCUT2D eigenvalue weighted by molar-refractivity contribution is -0.117. The van der Waals surface area contributed by atoms with E-state index in [1.807, 2.05) is 42.1 Å². The molecule has 0 atom stereocenters. The fourth-order valence-corrected chi connectivity index (χ4v) is 3.51. The molecule has 1 amide bonds. The molecule has 0 spiro atoms. The molecule has 1 aliphatic rings. The maximum absolute atomic E-state index is 12.5. The summed E-state index contributed by atoms with van der Waals surface area (Å²) in [5, 5.41) is 8.06. The van der Waals surface area contributed by atoms with Crippen molar-refractivity contribution in [2.45, 2.75) is 32.2 Å². The molecule has 128 valence electrons. The van der Waals surface area contributed by atoms with Crippen LogP contribution in [-0.2, 0) is 31.2 Å². The summed E-state index contributed by atoms with van der Waals surface area (Å²) in [5.41, 5.74) is 3.50. The number of anilines is 1.